The van der Waals surface area contributed by atoms with Crippen molar-refractivity contribution < 1.29 is 34.0 Å². The number of nitrogens with zero attached hydrogens (tertiary/aromatic N) is 3. The van der Waals surface area contributed by atoms with Gasteiger partial charge in [0.05, 0.1) is 11.6 Å². The van der Waals surface area contributed by atoms with Crippen molar-refractivity contribution in [3.63, 3.8) is 0 Å². The Morgan fingerprint density at radius 2 is 1.09 bits per heavy atom. The molecule has 2 aromatic carbocycles. The summed E-state index contributed by atoms with van der Waals surface area (Å²) in [5.74, 6) is -1.39. The van der Waals surface area contributed by atoms with E-state index in [1.54, 1.807) is 55.0 Å². The van der Waals surface area contributed by atoms with Gasteiger partial charge in [0.25, 0.3) is 0 Å². The fourth-order valence-corrected chi connectivity index (χ4v) is 2.97. The second-order valence-corrected chi connectivity index (χ2v) is 6.64. The van der Waals surface area contributed by atoms with Gasteiger partial charge in [-0.1, -0.05) is 53.6 Å². The Morgan fingerprint density at radius 3 is 1.49 bits per heavy atom. The zero-order valence-corrected chi connectivity index (χ0v) is 21.1. The first-order valence-corrected chi connectivity index (χ1v) is 10.3. The summed E-state index contributed by atoms with van der Waals surface area (Å²) in [7, 11) is 1.00. The van der Waals surface area contributed by atoms with Crippen molar-refractivity contribution in [2.45, 2.75) is 0 Å². The zero-order chi connectivity index (χ0) is 24.2. The van der Waals surface area contributed by atoms with Crippen LogP contribution in [0.2, 0.25) is 0 Å². The number of rotatable bonds is 3. The van der Waals surface area contributed by atoms with Crippen LogP contribution < -0.4 is 0 Å². The fourth-order valence-electron chi connectivity index (χ4n) is 2.97. The van der Waals surface area contributed by atoms with Crippen LogP contribution in [0.4, 0.5) is 8.78 Å². The van der Waals surface area contributed by atoms with E-state index in [4.69, 9.17) is 5.11 Å². The van der Waals surface area contributed by atoms with Gasteiger partial charge in [-0.25, -0.2) is 0 Å². The first-order chi connectivity index (χ1) is 16.7. The Hall–Kier alpha value is -3.64. The average Bonchev–Trinajstić information content (AvgIpc) is 2.92. The minimum absolute atomic E-state index is 0. The Balaban J connectivity index is 0.000000247. The SMILES string of the molecule is CO.Fc1cc(F)c(-c2ccccn2)[c-]c1-c1ccccn1.[Ir].[c-]1ccccc1-c1ccccn1. The Labute approximate surface area is 216 Å². The molecule has 35 heavy (non-hydrogen) atoms. The molecule has 0 bridgehead atoms. The number of hydrogen-bond donors (Lipinski definition) is 1. The molecule has 4 nitrogen and oxygen atoms in total. The summed E-state index contributed by atoms with van der Waals surface area (Å²) in [6.45, 7) is 0. The van der Waals surface area contributed by atoms with Crippen LogP contribution in [0, 0.1) is 23.8 Å². The molecule has 0 atom stereocenters. The molecule has 0 fully saturated rings. The standard InChI is InChI=1S/C16H9F2N2.C11H8N.CH4O.Ir/c17-13-10-14(18)12(16-6-2-4-8-20-16)9-11(13)15-5-1-3-7-19-15;1-2-6-10(7-3-1)11-8-4-5-9-12-11;1-2;/h1-8,10H;1-6,8-9H;2H,1H3;/q2*-1;;. The molecular weight excluding hydrogens is 625 g/mol. The van der Waals surface area contributed by atoms with Crippen molar-refractivity contribution in [1.29, 1.82) is 0 Å². The van der Waals surface area contributed by atoms with Crippen LogP contribution in [-0.4, -0.2) is 27.2 Å². The second-order valence-electron chi connectivity index (χ2n) is 6.64. The number of aliphatic hydroxyl groups excluding tert-OH is 1. The van der Waals surface area contributed by atoms with Crippen LogP contribution in [0.5, 0.6) is 0 Å². The molecule has 0 aliphatic heterocycles. The molecule has 3 heterocycles. The van der Waals surface area contributed by atoms with Crippen LogP contribution in [0.25, 0.3) is 33.8 Å². The fraction of sp³-hybridized carbons (Fsp3) is 0.0357. The van der Waals surface area contributed by atoms with Gasteiger partial charge in [-0.15, -0.1) is 42.0 Å². The van der Waals surface area contributed by atoms with E-state index in [2.05, 4.69) is 27.1 Å². The number of hydrogen-bond acceptors (Lipinski definition) is 4. The zero-order valence-electron chi connectivity index (χ0n) is 18.7. The second kappa shape index (κ2) is 14.6. The van der Waals surface area contributed by atoms with Crippen LogP contribution in [0.15, 0.2) is 104 Å². The van der Waals surface area contributed by atoms with E-state index in [0.717, 1.165) is 24.4 Å². The maximum absolute atomic E-state index is 13.9. The Bertz CT molecular complexity index is 1180. The number of benzene rings is 2. The molecule has 0 aliphatic carbocycles. The summed E-state index contributed by atoms with van der Waals surface area (Å²) in [6.07, 6.45) is 4.88. The van der Waals surface area contributed by atoms with Gasteiger partial charge in [0.15, 0.2) is 0 Å². The van der Waals surface area contributed by atoms with E-state index in [9.17, 15) is 8.78 Å². The van der Waals surface area contributed by atoms with Crippen LogP contribution in [0.1, 0.15) is 0 Å². The topological polar surface area (TPSA) is 58.9 Å². The van der Waals surface area contributed by atoms with Crippen LogP contribution in [-0.2, 0) is 20.1 Å². The van der Waals surface area contributed by atoms with E-state index in [0.29, 0.717) is 11.4 Å². The summed E-state index contributed by atoms with van der Waals surface area (Å²) < 4.78 is 27.8. The van der Waals surface area contributed by atoms with Gasteiger partial charge in [0, 0.05) is 57.2 Å². The van der Waals surface area contributed by atoms with Gasteiger partial charge < -0.3 is 10.1 Å². The number of halogens is 2. The molecule has 1 radical (unpaired) electrons. The summed E-state index contributed by atoms with van der Waals surface area (Å²) in [5.41, 5.74) is 3.08. The molecule has 0 unspecified atom stereocenters. The smallest absolute Gasteiger partial charge is 0.0600 e. The quantitative estimate of drug-likeness (QED) is 0.243. The molecule has 0 aliphatic rings. The summed E-state index contributed by atoms with van der Waals surface area (Å²) in [6, 6.07) is 30.6. The largest absolute Gasteiger partial charge is 0.400 e. The van der Waals surface area contributed by atoms with E-state index < -0.39 is 11.6 Å². The first kappa shape index (κ1) is 27.6. The molecule has 3 aromatic heterocycles. The molecule has 5 aromatic rings. The number of aliphatic hydroxyl groups is 1. The van der Waals surface area contributed by atoms with Gasteiger partial charge in [0.2, 0.25) is 0 Å². The van der Waals surface area contributed by atoms with Gasteiger partial charge in [0.1, 0.15) is 0 Å². The Morgan fingerprint density at radius 1 is 0.629 bits per heavy atom. The van der Waals surface area contributed by atoms with Crippen LogP contribution >= 0.6 is 0 Å². The molecule has 179 valence electrons. The summed E-state index contributed by atoms with van der Waals surface area (Å²) >= 11 is 0. The van der Waals surface area contributed by atoms with Gasteiger partial charge in [-0.05, 0) is 23.9 Å². The van der Waals surface area contributed by atoms with Crippen molar-refractivity contribution >= 4 is 0 Å². The summed E-state index contributed by atoms with van der Waals surface area (Å²) in [4.78, 5) is 12.3. The monoisotopic (exact) mass is 646 g/mol. The third-order valence-corrected chi connectivity index (χ3v) is 4.47. The van der Waals surface area contributed by atoms with Crippen molar-refractivity contribution in [3.05, 3.63) is 127 Å². The molecule has 7 heteroatoms. The maximum Gasteiger partial charge on any atom is 0.0600 e. The average molecular weight is 646 g/mol. The molecule has 1 N–H and O–H groups in total. The van der Waals surface area contributed by atoms with E-state index in [1.165, 1.54) is 0 Å². The Kier molecular flexibility index (Phi) is 11.5. The van der Waals surface area contributed by atoms with Crippen molar-refractivity contribution in [3.8, 4) is 33.8 Å². The number of aromatic nitrogens is 3. The van der Waals surface area contributed by atoms with Crippen LogP contribution in [0.3, 0.4) is 0 Å². The minimum atomic E-state index is -0.694. The predicted molar refractivity (Wildman–Crippen MR) is 128 cm³/mol. The third kappa shape index (κ3) is 7.69. The molecule has 0 saturated carbocycles. The van der Waals surface area contributed by atoms with Gasteiger partial charge >= 0.3 is 0 Å². The van der Waals surface area contributed by atoms with E-state index in [1.807, 2.05) is 42.5 Å². The molecule has 0 amide bonds. The van der Waals surface area contributed by atoms with Crippen molar-refractivity contribution in [2.24, 2.45) is 0 Å². The predicted octanol–water partition coefficient (Wildman–Crippen LogP) is 6.04. The normalized spacial score (nSPS) is 9.49. The molecule has 5 rings (SSSR count). The van der Waals surface area contributed by atoms with Gasteiger partial charge in [-0.3, -0.25) is 18.7 Å². The third-order valence-electron chi connectivity index (χ3n) is 4.47. The van der Waals surface area contributed by atoms with Gasteiger partial charge in [-0.2, -0.15) is 0 Å². The first-order valence-electron chi connectivity index (χ1n) is 10.3. The van der Waals surface area contributed by atoms with E-state index in [-0.39, 0.29) is 31.2 Å². The maximum atomic E-state index is 13.9. The molecule has 0 saturated heterocycles. The molecular formula is C28H21F2IrN3O-2. The number of pyridine rings is 3. The van der Waals surface area contributed by atoms with Crippen molar-refractivity contribution in [2.75, 3.05) is 7.11 Å². The summed E-state index contributed by atoms with van der Waals surface area (Å²) in [5, 5.41) is 7.00. The minimum Gasteiger partial charge on any atom is -0.400 e. The van der Waals surface area contributed by atoms with E-state index >= 15 is 0 Å². The van der Waals surface area contributed by atoms with Crippen molar-refractivity contribution in [1.82, 2.24) is 15.0 Å². The molecule has 0 spiro atoms.